The van der Waals surface area contributed by atoms with Crippen LogP contribution >= 0.6 is 0 Å². The van der Waals surface area contributed by atoms with E-state index in [4.69, 9.17) is 9.52 Å². The summed E-state index contributed by atoms with van der Waals surface area (Å²) in [7, 11) is 0. The lowest BCUT2D eigenvalue weighted by Crippen LogP contribution is -2.38. The molecule has 0 aliphatic heterocycles. The molecular weight excluding hydrogens is 266 g/mol. The van der Waals surface area contributed by atoms with E-state index in [1.807, 2.05) is 43.3 Å². The number of aryl methyl sites for hydroxylation is 1. The van der Waals surface area contributed by atoms with Gasteiger partial charge >= 0.3 is 0 Å². The molecule has 2 N–H and O–H groups in total. The first-order valence-electron chi connectivity index (χ1n) is 7.10. The minimum atomic E-state index is -0.328. The van der Waals surface area contributed by atoms with Crippen molar-refractivity contribution in [2.75, 3.05) is 6.61 Å². The second kappa shape index (κ2) is 7.09. The Morgan fingerprint density at radius 2 is 2.00 bits per heavy atom. The number of rotatable bonds is 6. The van der Waals surface area contributed by atoms with E-state index < -0.39 is 0 Å². The largest absolute Gasteiger partial charge is 0.469 e. The topological polar surface area (TPSA) is 62.5 Å². The number of carbonyl (C=O) groups is 1. The molecule has 21 heavy (non-hydrogen) atoms. The Kier molecular flexibility index (Phi) is 5.17. The highest BCUT2D eigenvalue weighted by atomic mass is 16.3. The van der Waals surface area contributed by atoms with Crippen molar-refractivity contribution in [2.45, 2.75) is 32.2 Å². The second-order valence-corrected chi connectivity index (χ2v) is 5.34. The summed E-state index contributed by atoms with van der Waals surface area (Å²) >= 11 is 0. The van der Waals surface area contributed by atoms with Crippen molar-refractivity contribution < 1.29 is 14.3 Å². The van der Waals surface area contributed by atoms with Crippen molar-refractivity contribution in [1.82, 2.24) is 5.32 Å². The zero-order valence-corrected chi connectivity index (χ0v) is 12.4. The van der Waals surface area contributed by atoms with Crippen LogP contribution in [0.15, 0.2) is 47.1 Å². The number of amides is 1. The molecule has 1 heterocycles. The number of aliphatic hydroxyl groups excluding tert-OH is 1. The SMILES string of the molecule is Cc1ccc(C(Cc2ccco2)C(=O)N[C@@H](C)CO)cc1. The molecule has 0 aliphatic rings. The molecule has 4 nitrogen and oxygen atoms in total. The fourth-order valence-corrected chi connectivity index (χ4v) is 2.18. The fraction of sp³-hybridized carbons (Fsp3) is 0.353. The molecule has 4 heteroatoms. The van der Waals surface area contributed by atoms with Crippen LogP contribution in [-0.2, 0) is 11.2 Å². The predicted molar refractivity (Wildman–Crippen MR) is 81.0 cm³/mol. The summed E-state index contributed by atoms with van der Waals surface area (Å²) in [6.07, 6.45) is 2.11. The van der Waals surface area contributed by atoms with E-state index in [9.17, 15) is 4.79 Å². The Labute approximate surface area is 124 Å². The molecule has 0 aliphatic carbocycles. The Morgan fingerprint density at radius 3 is 2.57 bits per heavy atom. The van der Waals surface area contributed by atoms with E-state index in [2.05, 4.69) is 5.32 Å². The van der Waals surface area contributed by atoms with Gasteiger partial charge in [-0.05, 0) is 31.5 Å². The van der Waals surface area contributed by atoms with Gasteiger partial charge in [-0.2, -0.15) is 0 Å². The van der Waals surface area contributed by atoms with Gasteiger partial charge in [-0.3, -0.25) is 4.79 Å². The lowest BCUT2D eigenvalue weighted by atomic mass is 9.92. The maximum atomic E-state index is 12.5. The summed E-state index contributed by atoms with van der Waals surface area (Å²) in [5.74, 6) is 0.343. The van der Waals surface area contributed by atoms with Gasteiger partial charge in [0.25, 0.3) is 0 Å². The minimum absolute atomic E-state index is 0.0763. The van der Waals surface area contributed by atoms with Gasteiger partial charge in [0.15, 0.2) is 0 Å². The summed E-state index contributed by atoms with van der Waals surface area (Å²) in [6, 6.07) is 11.3. The number of carbonyl (C=O) groups excluding carboxylic acids is 1. The van der Waals surface area contributed by atoms with Crippen molar-refractivity contribution in [3.8, 4) is 0 Å². The molecule has 0 bridgehead atoms. The predicted octanol–water partition coefficient (Wildman–Crippen LogP) is 2.41. The third-order valence-electron chi connectivity index (χ3n) is 3.44. The van der Waals surface area contributed by atoms with Gasteiger partial charge < -0.3 is 14.8 Å². The second-order valence-electron chi connectivity index (χ2n) is 5.34. The van der Waals surface area contributed by atoms with Crippen molar-refractivity contribution in [2.24, 2.45) is 0 Å². The smallest absolute Gasteiger partial charge is 0.228 e. The van der Waals surface area contributed by atoms with Crippen molar-refractivity contribution in [1.29, 1.82) is 0 Å². The van der Waals surface area contributed by atoms with E-state index in [1.54, 1.807) is 13.2 Å². The Bertz CT molecular complexity index is 560. The molecule has 2 rings (SSSR count). The van der Waals surface area contributed by atoms with Gasteiger partial charge in [-0.15, -0.1) is 0 Å². The Hall–Kier alpha value is -2.07. The first kappa shape index (κ1) is 15.3. The average Bonchev–Trinajstić information content (AvgIpc) is 2.98. The Morgan fingerprint density at radius 1 is 1.29 bits per heavy atom. The van der Waals surface area contributed by atoms with Crippen LogP contribution in [0.25, 0.3) is 0 Å². The fourth-order valence-electron chi connectivity index (χ4n) is 2.18. The average molecular weight is 287 g/mol. The van der Waals surface area contributed by atoms with Crippen LogP contribution in [0.2, 0.25) is 0 Å². The van der Waals surface area contributed by atoms with Gasteiger partial charge in [0.2, 0.25) is 5.91 Å². The highest BCUT2D eigenvalue weighted by molar-refractivity contribution is 5.84. The standard InChI is InChI=1S/C17H21NO3/c1-12-5-7-14(8-6-12)16(10-15-4-3-9-21-15)17(20)18-13(2)11-19/h3-9,13,16,19H,10-11H2,1-2H3,(H,18,20)/t13-,16?/m0/s1. The maximum absolute atomic E-state index is 12.5. The van der Waals surface area contributed by atoms with Crippen LogP contribution in [0.3, 0.4) is 0 Å². The van der Waals surface area contributed by atoms with Gasteiger partial charge in [0.1, 0.15) is 5.76 Å². The van der Waals surface area contributed by atoms with Crippen molar-refractivity contribution in [3.63, 3.8) is 0 Å². The van der Waals surface area contributed by atoms with Crippen LogP contribution in [-0.4, -0.2) is 23.7 Å². The minimum Gasteiger partial charge on any atom is -0.469 e. The quantitative estimate of drug-likeness (QED) is 0.857. The molecule has 2 aromatic rings. The van der Waals surface area contributed by atoms with Crippen LogP contribution in [0.5, 0.6) is 0 Å². The molecule has 112 valence electrons. The summed E-state index contributed by atoms with van der Waals surface area (Å²) in [5, 5.41) is 11.9. The van der Waals surface area contributed by atoms with Crippen molar-refractivity contribution in [3.05, 3.63) is 59.5 Å². The highest BCUT2D eigenvalue weighted by Gasteiger charge is 2.23. The summed E-state index contributed by atoms with van der Waals surface area (Å²) < 4.78 is 5.36. The van der Waals surface area contributed by atoms with Gasteiger partial charge in [-0.1, -0.05) is 29.8 Å². The number of hydrogen-bond donors (Lipinski definition) is 2. The van der Waals surface area contributed by atoms with Crippen LogP contribution < -0.4 is 5.32 Å². The molecule has 2 atom stereocenters. The van der Waals surface area contributed by atoms with E-state index >= 15 is 0 Å². The number of furan rings is 1. The first-order valence-corrected chi connectivity index (χ1v) is 7.10. The molecule has 1 unspecified atom stereocenters. The third-order valence-corrected chi connectivity index (χ3v) is 3.44. The summed E-state index contributed by atoms with van der Waals surface area (Å²) in [5.41, 5.74) is 2.10. The molecule has 0 fully saturated rings. The van der Waals surface area contributed by atoms with E-state index in [0.29, 0.717) is 6.42 Å². The monoisotopic (exact) mass is 287 g/mol. The summed E-state index contributed by atoms with van der Waals surface area (Å²) in [4.78, 5) is 12.5. The van der Waals surface area contributed by atoms with E-state index in [1.165, 1.54) is 0 Å². The summed E-state index contributed by atoms with van der Waals surface area (Å²) in [6.45, 7) is 3.71. The normalized spacial score (nSPS) is 13.7. The molecule has 0 spiro atoms. The Balaban J connectivity index is 2.21. The van der Waals surface area contributed by atoms with Gasteiger partial charge in [-0.25, -0.2) is 0 Å². The number of benzene rings is 1. The van der Waals surface area contributed by atoms with Crippen LogP contribution in [0.4, 0.5) is 0 Å². The zero-order chi connectivity index (χ0) is 15.2. The van der Waals surface area contributed by atoms with E-state index in [-0.39, 0.29) is 24.5 Å². The van der Waals surface area contributed by atoms with Gasteiger partial charge in [0, 0.05) is 12.5 Å². The van der Waals surface area contributed by atoms with Crippen molar-refractivity contribution >= 4 is 5.91 Å². The van der Waals surface area contributed by atoms with Crippen LogP contribution in [0, 0.1) is 6.92 Å². The first-order chi connectivity index (χ1) is 10.1. The van der Waals surface area contributed by atoms with Crippen LogP contribution in [0.1, 0.15) is 29.7 Å². The molecule has 1 aromatic heterocycles. The molecule has 0 radical (unpaired) electrons. The number of hydrogen-bond acceptors (Lipinski definition) is 3. The lowest BCUT2D eigenvalue weighted by Gasteiger charge is -2.19. The molecular formula is C17H21NO3. The number of aliphatic hydroxyl groups is 1. The highest BCUT2D eigenvalue weighted by Crippen LogP contribution is 2.22. The molecule has 0 saturated heterocycles. The lowest BCUT2D eigenvalue weighted by molar-refractivity contribution is -0.123. The number of nitrogens with one attached hydrogen (secondary N) is 1. The molecule has 1 amide bonds. The third kappa shape index (κ3) is 4.20. The molecule has 0 saturated carbocycles. The van der Waals surface area contributed by atoms with Gasteiger partial charge in [0.05, 0.1) is 18.8 Å². The maximum Gasteiger partial charge on any atom is 0.228 e. The zero-order valence-electron chi connectivity index (χ0n) is 12.4. The van der Waals surface area contributed by atoms with E-state index in [0.717, 1.165) is 16.9 Å². The molecule has 1 aromatic carbocycles.